The molecule has 3 aromatic carbocycles. The van der Waals surface area contributed by atoms with Gasteiger partial charge in [-0.15, -0.1) is 46.6 Å². The third kappa shape index (κ3) is 14.7. The van der Waals surface area contributed by atoms with Crippen molar-refractivity contribution in [3.05, 3.63) is 141 Å². The Morgan fingerprint density at radius 2 is 0.909 bits per heavy atom. The second-order valence-corrected chi connectivity index (χ2v) is 32.3. The van der Waals surface area contributed by atoms with Gasteiger partial charge < -0.3 is 21.1 Å². The molecule has 0 spiro atoms. The molecule has 0 saturated carbocycles. The standard InChI is InChI=1S/C16H16N2O5S3.C16H20N2O5S3.C11H15NO3S2.C5H2BrNS/c1-17-15-7-8-16(24-15)25(20,21)13-5-2-6-14(10-13)26(22,23)18-9-3-4-12(18)11-19;17-10-13-6-7-16(24-13)25(20,21)14-4-1-5-15(9-14)26(22,23)18-8-2-3-12(18)11-19;13-8-9-3-2-6-12(9)17(14,15)11-5-1-4-10(16)7-11;1-7-5-3-2-4(6)8-5/h2,5-8,10,12,19H,3-4,9,11H2;1,4-7,9,12,19H,2-3,8,10-11,17H2;1,4-5,7,9,13,16H,2-3,6,8H2;2-3H/t2*12-;9-;/m000./s1. The lowest BCUT2D eigenvalue weighted by atomic mass is 10.2. The maximum atomic E-state index is 12.9. The monoisotopic (exact) mass is 1290 g/mol. The first-order chi connectivity index (χ1) is 36.5. The van der Waals surface area contributed by atoms with E-state index in [-0.39, 0.29) is 70.3 Å². The number of nitrogens with two attached hydrogens (primary N) is 1. The van der Waals surface area contributed by atoms with E-state index in [1.165, 1.54) is 91.0 Å². The van der Waals surface area contributed by atoms with Crippen molar-refractivity contribution >= 4 is 122 Å². The predicted octanol–water partition coefficient (Wildman–Crippen LogP) is 7.64. The van der Waals surface area contributed by atoms with Crippen LogP contribution in [0.1, 0.15) is 43.4 Å². The molecule has 414 valence electrons. The Balaban J connectivity index is 0.000000177. The molecule has 3 atom stereocenters. The van der Waals surface area contributed by atoms with Gasteiger partial charge in [0.15, 0.2) is 0 Å². The highest BCUT2D eigenvalue weighted by molar-refractivity contribution is 9.11. The SMILES string of the molecule is NCc1ccc(S(=O)(=O)c2cccc(S(=O)(=O)N3CCC[C@H]3CO)c2)s1.O=S(=O)(c1cccc(S)c1)N1CCC[C@H]1CO.[C-]#[N+]c1ccc(Br)s1.[C-]#[N+]c1ccc(S(=O)(=O)c2cccc(S(=O)(=O)N3CCC[C@H]3CO)c2)s1. The highest BCUT2D eigenvalue weighted by Gasteiger charge is 2.38. The van der Waals surface area contributed by atoms with Crippen LogP contribution in [0.25, 0.3) is 9.69 Å². The topological polar surface area (TPSA) is 276 Å². The fraction of sp³-hybridized carbons (Fsp3) is 0.333. The average Bonchev–Trinajstić information content (AvgIpc) is 4.30. The Labute approximate surface area is 475 Å². The number of thiophene rings is 3. The molecule has 0 aliphatic carbocycles. The third-order valence-corrected chi connectivity index (χ3v) is 26.4. The van der Waals surface area contributed by atoms with Gasteiger partial charge >= 0.3 is 0 Å². The Kier molecular flexibility index (Phi) is 21.8. The van der Waals surface area contributed by atoms with E-state index in [0.717, 1.165) is 55.2 Å². The summed E-state index contributed by atoms with van der Waals surface area (Å²) in [7, 11) is -19.0. The first kappa shape index (κ1) is 62.2. The quantitative estimate of drug-likeness (QED) is 0.0518. The summed E-state index contributed by atoms with van der Waals surface area (Å²) in [6.07, 6.45) is 3.99. The Morgan fingerprint density at radius 3 is 1.26 bits per heavy atom. The molecule has 3 saturated heterocycles. The van der Waals surface area contributed by atoms with Gasteiger partial charge in [-0.25, -0.2) is 51.8 Å². The summed E-state index contributed by atoms with van der Waals surface area (Å²) in [5, 5.41) is 28.9. The zero-order valence-corrected chi connectivity index (χ0v) is 49.7. The molecule has 19 nitrogen and oxygen atoms in total. The van der Waals surface area contributed by atoms with Gasteiger partial charge in [0, 0.05) is 54.1 Å². The number of nitrogens with zero attached hydrogens (tertiary/aromatic N) is 5. The number of halogens is 1. The number of benzene rings is 3. The second-order valence-electron chi connectivity index (χ2n) is 17.1. The maximum absolute atomic E-state index is 12.9. The average molecular weight is 1290 g/mol. The summed E-state index contributed by atoms with van der Waals surface area (Å²) in [5.41, 5.74) is 5.53. The molecule has 9 rings (SSSR count). The van der Waals surface area contributed by atoms with Crippen molar-refractivity contribution in [2.24, 2.45) is 5.73 Å². The van der Waals surface area contributed by atoms with E-state index < -0.39 is 61.8 Å². The summed E-state index contributed by atoms with van der Waals surface area (Å²) in [6, 6.07) is 25.3. The van der Waals surface area contributed by atoms with Crippen LogP contribution in [0.15, 0.2) is 151 Å². The normalized spacial score (nSPS) is 18.5. The van der Waals surface area contributed by atoms with Crippen molar-refractivity contribution in [3.63, 3.8) is 0 Å². The third-order valence-electron chi connectivity index (χ3n) is 12.2. The number of sulfone groups is 2. The molecule has 0 unspecified atom stereocenters. The molecule has 3 aliphatic rings. The van der Waals surface area contributed by atoms with Gasteiger partial charge in [-0.2, -0.15) is 12.9 Å². The van der Waals surface area contributed by atoms with Gasteiger partial charge in [-0.1, -0.05) is 18.2 Å². The molecule has 0 bridgehead atoms. The molecule has 3 fully saturated rings. The van der Waals surface area contributed by atoms with Crippen molar-refractivity contribution in [3.8, 4) is 0 Å². The van der Waals surface area contributed by atoms with Crippen molar-refractivity contribution in [2.75, 3.05) is 39.5 Å². The predicted molar refractivity (Wildman–Crippen MR) is 301 cm³/mol. The highest BCUT2D eigenvalue weighted by Crippen LogP contribution is 2.36. The number of thiol groups is 1. The Morgan fingerprint density at radius 1 is 0.532 bits per heavy atom. The molecule has 77 heavy (non-hydrogen) atoms. The molecule has 29 heteroatoms. The summed E-state index contributed by atoms with van der Waals surface area (Å²) in [4.78, 5) is 7.59. The van der Waals surface area contributed by atoms with Crippen molar-refractivity contribution in [2.45, 2.75) is 101 Å². The van der Waals surface area contributed by atoms with Crippen molar-refractivity contribution in [1.82, 2.24) is 12.9 Å². The molecule has 5 N–H and O–H groups in total. The molecule has 0 amide bonds. The summed E-state index contributed by atoms with van der Waals surface area (Å²) >= 11 is 10.8. The Bertz CT molecular complexity index is 3690. The first-order valence-corrected chi connectivity index (χ1v) is 34.2. The molecule has 0 radical (unpaired) electrons. The number of rotatable bonds is 14. The van der Waals surface area contributed by atoms with Crippen LogP contribution in [0.4, 0.5) is 10.0 Å². The lowest BCUT2D eigenvalue weighted by molar-refractivity contribution is 0.213. The molecular formula is C48H53BrN6O13S9. The van der Waals surface area contributed by atoms with Gasteiger partial charge in [-0.05, 0) is 145 Å². The second kappa shape index (κ2) is 27.0. The lowest BCUT2D eigenvalue weighted by Crippen LogP contribution is -2.37. The fourth-order valence-corrected chi connectivity index (χ4v) is 20.3. The Hall–Kier alpha value is -3.96. The van der Waals surface area contributed by atoms with E-state index in [9.17, 15) is 57.4 Å². The highest BCUT2D eigenvalue weighted by atomic mass is 79.9. The van der Waals surface area contributed by atoms with Crippen LogP contribution in [0.3, 0.4) is 0 Å². The number of aliphatic hydroxyl groups is 3. The minimum absolute atomic E-state index is 0.00699. The maximum Gasteiger partial charge on any atom is 0.243 e. The molecular weight excluding hydrogens is 1240 g/mol. The van der Waals surface area contributed by atoms with Gasteiger partial charge in [0.1, 0.15) is 8.42 Å². The fourth-order valence-electron chi connectivity index (χ4n) is 8.30. The summed E-state index contributed by atoms with van der Waals surface area (Å²) in [6.45, 7) is 14.2. The summed E-state index contributed by atoms with van der Waals surface area (Å²) < 4.78 is 132. The van der Waals surface area contributed by atoms with E-state index in [0.29, 0.717) is 50.2 Å². The van der Waals surface area contributed by atoms with E-state index in [1.807, 2.05) is 6.07 Å². The van der Waals surface area contributed by atoms with Gasteiger partial charge in [-0.3, -0.25) is 0 Å². The molecule has 3 aliphatic heterocycles. The smallest absolute Gasteiger partial charge is 0.243 e. The number of sulfonamides is 3. The van der Waals surface area contributed by atoms with Crippen molar-refractivity contribution in [1.29, 1.82) is 0 Å². The van der Waals surface area contributed by atoms with Crippen LogP contribution in [0.2, 0.25) is 0 Å². The van der Waals surface area contributed by atoms with Gasteiger partial charge in [0.25, 0.3) is 0 Å². The van der Waals surface area contributed by atoms with Crippen LogP contribution < -0.4 is 5.73 Å². The van der Waals surface area contributed by atoms with E-state index >= 15 is 0 Å². The van der Waals surface area contributed by atoms with Crippen LogP contribution >= 0.6 is 62.6 Å². The molecule has 3 aromatic heterocycles. The number of aliphatic hydroxyl groups excluding tert-OH is 3. The van der Waals surface area contributed by atoms with Crippen LogP contribution in [-0.2, 0) is 56.3 Å². The van der Waals surface area contributed by atoms with Crippen LogP contribution in [0, 0.1) is 13.1 Å². The molecule has 6 aromatic rings. The minimum Gasteiger partial charge on any atom is -0.395 e. The van der Waals surface area contributed by atoms with E-state index in [1.54, 1.807) is 30.3 Å². The van der Waals surface area contributed by atoms with E-state index in [2.05, 4.69) is 38.2 Å². The number of hydrogen-bond donors (Lipinski definition) is 5. The molecule has 6 heterocycles. The van der Waals surface area contributed by atoms with E-state index in [4.69, 9.17) is 18.9 Å². The zero-order chi connectivity index (χ0) is 56.3. The van der Waals surface area contributed by atoms with Crippen LogP contribution in [-0.4, -0.2) is 128 Å². The lowest BCUT2D eigenvalue weighted by Gasteiger charge is -2.22. The minimum atomic E-state index is -3.91. The van der Waals surface area contributed by atoms with Gasteiger partial charge in [0.05, 0.1) is 61.2 Å². The number of hydrogen-bond acceptors (Lipinski definition) is 18. The zero-order valence-electron chi connectivity index (χ0n) is 40.6. The van der Waals surface area contributed by atoms with Crippen LogP contribution in [0.5, 0.6) is 0 Å². The summed E-state index contributed by atoms with van der Waals surface area (Å²) in [5.74, 6) is 0. The first-order valence-electron chi connectivity index (χ1n) is 23.3. The van der Waals surface area contributed by atoms with Gasteiger partial charge in [0.2, 0.25) is 59.7 Å². The largest absolute Gasteiger partial charge is 0.395 e. The van der Waals surface area contributed by atoms with Crippen molar-refractivity contribution < 1.29 is 57.4 Å².